The molecule has 0 bridgehead atoms. The van der Waals surface area contributed by atoms with E-state index in [1.807, 2.05) is 0 Å². The van der Waals surface area contributed by atoms with Crippen LogP contribution < -0.4 is 53.2 Å². The maximum absolute atomic E-state index is 14.1. The fraction of sp³-hybridized carbons (Fsp3) is 0.133. The Hall–Kier alpha value is -12.0. The van der Waals surface area contributed by atoms with Crippen LogP contribution in [0.4, 0.5) is 11.4 Å². The number of aromatic nitrogens is 6. The number of anilines is 2. The zero-order valence-corrected chi connectivity index (χ0v) is 45.3. The molecule has 4 aromatic carbocycles. The Morgan fingerprint density at radius 2 is 0.895 bits per heavy atom. The van der Waals surface area contributed by atoms with Gasteiger partial charge in [-0.1, -0.05) is 36.4 Å². The van der Waals surface area contributed by atoms with Crippen molar-refractivity contribution >= 4 is 91.3 Å². The second kappa shape index (κ2) is 23.9. The van der Waals surface area contributed by atoms with E-state index in [0.717, 1.165) is 0 Å². The number of fused-ring (bicyclic) bond motifs is 4. The highest BCUT2D eigenvalue weighted by atomic mass is 16.5. The Balaban J connectivity index is 0.701. The molecule has 0 unspecified atom stereocenters. The number of carboxylic acid groups (broad SMARTS) is 2. The molecule has 434 valence electrons. The number of amides is 4. The molecule has 0 radical (unpaired) electrons. The molecule has 26 heteroatoms. The molecule has 6 heterocycles. The molecule has 0 saturated carbocycles. The quantitative estimate of drug-likeness (QED) is 0.0376. The van der Waals surface area contributed by atoms with Crippen molar-refractivity contribution in [1.82, 2.24) is 38.5 Å². The van der Waals surface area contributed by atoms with E-state index in [2.05, 4.69) is 31.2 Å². The Bertz CT molecular complexity index is 4480. The molecule has 4 amide bonds. The predicted molar refractivity (Wildman–Crippen MR) is 310 cm³/mol. The van der Waals surface area contributed by atoms with Gasteiger partial charge in [-0.2, -0.15) is 0 Å². The lowest BCUT2D eigenvalue weighted by Gasteiger charge is -2.11. The number of hydrogen-bond acceptors (Lipinski definition) is 14. The highest BCUT2D eigenvalue weighted by molar-refractivity contribution is 6.16. The number of carboxylic acids is 2. The highest BCUT2D eigenvalue weighted by Crippen LogP contribution is 2.33. The lowest BCUT2D eigenvalue weighted by Crippen LogP contribution is -2.38. The van der Waals surface area contributed by atoms with Crippen molar-refractivity contribution in [2.45, 2.75) is 26.9 Å². The standard InChI is InChI=1S/C60H48N10O16/c1-31-49(43-13-3-5-21-67(43)51(31)53(77)33-15-17-39-41(25-33)63-59(83)69(57(39)81)27-47(73)74)65-55(79)35-9-7-11-37(23-35)85-29-45(71)61-19-20-62-46(72)30-86-38-12-8-10-36(24-38)56(80)66-50-32(2)52(68-22-6-4-14-44(50)68)54(78)34-16-18-40-42(26-34)64-60(84)70(58(40)82)28-48(75)76/h3-18,21-26H,19-20,27-30H2,1-2H3,(H,61,71)(H,62,72)(H,63,83)(H,64,84)(H,65,79)(H,66,80)(H,73,74)(H,75,76). The number of carbonyl (C=O) groups excluding carboxylic acids is 6. The first-order valence-electron chi connectivity index (χ1n) is 26.1. The molecule has 26 nitrogen and oxygen atoms in total. The number of pyridine rings is 2. The zero-order valence-electron chi connectivity index (χ0n) is 45.3. The smallest absolute Gasteiger partial charge is 0.329 e. The first-order chi connectivity index (χ1) is 41.3. The Labute approximate surface area is 481 Å². The van der Waals surface area contributed by atoms with Crippen molar-refractivity contribution in [2.75, 3.05) is 36.9 Å². The first-order valence-corrected chi connectivity index (χ1v) is 26.1. The minimum atomic E-state index is -1.38. The van der Waals surface area contributed by atoms with Crippen molar-refractivity contribution in [2.24, 2.45) is 0 Å². The minimum Gasteiger partial charge on any atom is -0.484 e. The van der Waals surface area contributed by atoms with Gasteiger partial charge in [0.15, 0.2) is 13.2 Å². The van der Waals surface area contributed by atoms with Crippen molar-refractivity contribution in [3.8, 4) is 11.5 Å². The third-order valence-corrected chi connectivity index (χ3v) is 13.9. The van der Waals surface area contributed by atoms with E-state index in [-0.39, 0.29) is 80.0 Å². The molecule has 10 aromatic rings. The maximum atomic E-state index is 14.1. The summed E-state index contributed by atoms with van der Waals surface area (Å²) in [4.78, 5) is 160. The van der Waals surface area contributed by atoms with E-state index >= 15 is 0 Å². The summed E-state index contributed by atoms with van der Waals surface area (Å²) < 4.78 is 15.6. The second-order valence-electron chi connectivity index (χ2n) is 19.5. The van der Waals surface area contributed by atoms with Crippen LogP contribution in [-0.4, -0.2) is 112 Å². The number of aromatic amines is 2. The van der Waals surface area contributed by atoms with Crippen LogP contribution in [0.2, 0.25) is 0 Å². The van der Waals surface area contributed by atoms with Crippen LogP contribution in [0.3, 0.4) is 0 Å². The highest BCUT2D eigenvalue weighted by Gasteiger charge is 2.27. The van der Waals surface area contributed by atoms with Gasteiger partial charge in [-0.15, -0.1) is 0 Å². The monoisotopic (exact) mass is 1160 g/mol. The van der Waals surface area contributed by atoms with E-state index in [9.17, 15) is 57.5 Å². The Morgan fingerprint density at radius 3 is 1.29 bits per heavy atom. The summed E-state index contributed by atoms with van der Waals surface area (Å²) in [5.74, 6) is -5.61. The molecule has 0 aliphatic rings. The number of rotatable bonds is 21. The van der Waals surface area contributed by atoms with Gasteiger partial charge in [-0.3, -0.25) is 47.9 Å². The minimum absolute atomic E-state index is 0.000724. The van der Waals surface area contributed by atoms with Gasteiger partial charge in [0.25, 0.3) is 34.7 Å². The second-order valence-corrected chi connectivity index (χ2v) is 19.5. The van der Waals surface area contributed by atoms with Crippen LogP contribution in [-0.2, 0) is 32.3 Å². The molecule has 10 rings (SSSR count). The maximum Gasteiger partial charge on any atom is 0.329 e. The van der Waals surface area contributed by atoms with Crippen molar-refractivity contribution in [3.63, 3.8) is 0 Å². The van der Waals surface area contributed by atoms with E-state index in [1.165, 1.54) is 60.7 Å². The van der Waals surface area contributed by atoms with E-state index in [1.54, 1.807) is 95.7 Å². The average molecular weight is 1170 g/mol. The lowest BCUT2D eigenvalue weighted by molar-refractivity contribution is -0.138. The van der Waals surface area contributed by atoms with Crippen LogP contribution in [0, 0.1) is 13.8 Å². The molecule has 0 aliphatic heterocycles. The number of H-pyrrole nitrogens is 2. The van der Waals surface area contributed by atoms with Gasteiger partial charge in [0.1, 0.15) is 24.6 Å². The molecule has 0 atom stereocenters. The summed E-state index contributed by atoms with van der Waals surface area (Å²) in [7, 11) is 0. The molecule has 0 fully saturated rings. The first kappa shape index (κ1) is 57.3. The molecule has 0 saturated heterocycles. The zero-order chi connectivity index (χ0) is 61.1. The number of ether oxygens (including phenoxy) is 2. The molecule has 86 heavy (non-hydrogen) atoms. The summed E-state index contributed by atoms with van der Waals surface area (Å²) >= 11 is 0. The summed E-state index contributed by atoms with van der Waals surface area (Å²) in [6.07, 6.45) is 3.27. The van der Waals surface area contributed by atoms with Gasteiger partial charge in [0.05, 0.1) is 55.6 Å². The predicted octanol–water partition coefficient (Wildman–Crippen LogP) is 3.64. The van der Waals surface area contributed by atoms with E-state index < -0.39 is 95.9 Å². The summed E-state index contributed by atoms with van der Waals surface area (Å²) in [5.41, 5.74) is -0.273. The topological polar surface area (TPSA) is 362 Å². The van der Waals surface area contributed by atoms with Crippen LogP contribution in [0.15, 0.2) is 153 Å². The van der Waals surface area contributed by atoms with Crippen molar-refractivity contribution in [3.05, 3.63) is 220 Å². The molecule has 6 aromatic heterocycles. The van der Waals surface area contributed by atoms with Crippen LogP contribution in [0.1, 0.15) is 63.9 Å². The van der Waals surface area contributed by atoms with E-state index in [4.69, 9.17) is 19.7 Å². The molecule has 0 aliphatic carbocycles. The third kappa shape index (κ3) is 11.6. The van der Waals surface area contributed by atoms with Crippen molar-refractivity contribution < 1.29 is 58.0 Å². The van der Waals surface area contributed by atoms with Crippen LogP contribution in [0.5, 0.6) is 11.5 Å². The molecule has 0 spiro atoms. The van der Waals surface area contributed by atoms with Gasteiger partial charge >= 0.3 is 23.3 Å². The van der Waals surface area contributed by atoms with Gasteiger partial charge in [0.2, 0.25) is 11.6 Å². The number of aliphatic carboxylic acids is 2. The molecular formula is C60H48N10O16. The Kier molecular flexibility index (Phi) is 15.9. The molecular weight excluding hydrogens is 1120 g/mol. The summed E-state index contributed by atoms with van der Waals surface area (Å²) in [6, 6.07) is 30.4. The number of carbonyl (C=O) groups is 8. The normalized spacial score (nSPS) is 11.1. The van der Waals surface area contributed by atoms with Gasteiger partial charge in [0, 0.05) is 58.9 Å². The van der Waals surface area contributed by atoms with E-state index in [0.29, 0.717) is 42.7 Å². The van der Waals surface area contributed by atoms with Crippen LogP contribution in [0.25, 0.3) is 32.8 Å². The summed E-state index contributed by atoms with van der Waals surface area (Å²) in [6.45, 7) is 0.738. The fourth-order valence-corrected chi connectivity index (χ4v) is 9.79. The number of hydrogen-bond donors (Lipinski definition) is 8. The van der Waals surface area contributed by atoms with Crippen LogP contribution >= 0.6 is 0 Å². The SMILES string of the molecule is Cc1c(NC(=O)c2cccc(OCC(=O)NCCNC(=O)COc3cccc(C(=O)Nc4c(C)c(C(=O)c5ccc6c(=O)n(CC(=O)O)c(=O)[nH]c6c5)n5ccccc45)c3)c2)c2ccccn2c1C(=O)c1ccc2c(=O)n(CC(=O)O)c(=O)[nH]c2c1. The number of benzene rings is 4. The largest absolute Gasteiger partial charge is 0.484 e. The third-order valence-electron chi connectivity index (χ3n) is 13.9. The van der Waals surface area contributed by atoms with Gasteiger partial charge in [-0.25, -0.2) is 18.7 Å². The average Bonchev–Trinajstić information content (AvgIpc) is 1.77. The number of nitrogens with one attached hydrogen (secondary N) is 6. The molecule has 8 N–H and O–H groups in total. The Morgan fingerprint density at radius 1 is 0.488 bits per heavy atom. The fourth-order valence-electron chi connectivity index (χ4n) is 9.79. The summed E-state index contributed by atoms with van der Waals surface area (Å²) in [5, 5.41) is 29.3. The van der Waals surface area contributed by atoms with Gasteiger partial charge < -0.3 is 59.7 Å². The number of nitrogens with zero attached hydrogens (tertiary/aromatic N) is 4. The van der Waals surface area contributed by atoms with Gasteiger partial charge in [-0.05, 0) is 98.8 Å². The lowest BCUT2D eigenvalue weighted by atomic mass is 10.0. The number of ketones is 2. The van der Waals surface area contributed by atoms with Crippen molar-refractivity contribution in [1.29, 1.82) is 0 Å².